The molecule has 0 aliphatic carbocycles. The van der Waals surface area contributed by atoms with Crippen molar-refractivity contribution in [3.8, 4) is 0 Å². The zero-order chi connectivity index (χ0) is 25.1. The van der Waals surface area contributed by atoms with Crippen LogP contribution in [0.1, 0.15) is 29.7 Å². The highest BCUT2D eigenvalue weighted by atomic mass is 19.4. The number of carboxylic acid groups (broad SMARTS) is 2. The van der Waals surface area contributed by atoms with E-state index in [-0.39, 0.29) is 6.04 Å². The fourth-order valence-corrected chi connectivity index (χ4v) is 3.14. The average Bonchev–Trinajstić information content (AvgIpc) is 2.80. The van der Waals surface area contributed by atoms with Crippen molar-refractivity contribution in [2.45, 2.75) is 19.1 Å². The van der Waals surface area contributed by atoms with Gasteiger partial charge in [-0.25, -0.2) is 9.59 Å². The van der Waals surface area contributed by atoms with E-state index in [2.05, 4.69) is 36.5 Å². The molecular weight excluding hydrogens is 447 g/mol. The number of benzene rings is 3. The van der Waals surface area contributed by atoms with Crippen LogP contribution in [0.5, 0.6) is 0 Å². The van der Waals surface area contributed by atoms with E-state index in [1.807, 2.05) is 24.3 Å². The number of alkyl halides is 3. The summed E-state index contributed by atoms with van der Waals surface area (Å²) >= 11 is 0. The second-order valence-corrected chi connectivity index (χ2v) is 7.23. The summed E-state index contributed by atoms with van der Waals surface area (Å²) in [6.07, 6.45) is 0.352. The van der Waals surface area contributed by atoms with Crippen LogP contribution in [0, 0.1) is 0 Å². The van der Waals surface area contributed by atoms with Gasteiger partial charge in [0, 0.05) is 24.7 Å². The molecule has 0 heterocycles. The van der Waals surface area contributed by atoms with E-state index < -0.39 is 23.7 Å². The molecular formula is C26H24F3NO4. The SMILES string of the molecule is C[C@@H](NC/C=C/c1cccc(C(F)(F)F)c1)c1cccc2ccccc12.O=C(O)/C=C/C(=O)O. The van der Waals surface area contributed by atoms with Gasteiger partial charge in [0.1, 0.15) is 0 Å². The van der Waals surface area contributed by atoms with Gasteiger partial charge in [-0.3, -0.25) is 0 Å². The molecule has 0 amide bonds. The van der Waals surface area contributed by atoms with Gasteiger partial charge in [-0.15, -0.1) is 0 Å². The zero-order valence-electron chi connectivity index (χ0n) is 18.3. The fourth-order valence-electron chi connectivity index (χ4n) is 3.14. The van der Waals surface area contributed by atoms with Gasteiger partial charge in [-0.2, -0.15) is 13.2 Å². The molecule has 3 aromatic rings. The van der Waals surface area contributed by atoms with Crippen LogP contribution in [-0.2, 0) is 15.8 Å². The monoisotopic (exact) mass is 471 g/mol. The van der Waals surface area contributed by atoms with Crippen molar-refractivity contribution >= 4 is 28.8 Å². The maximum Gasteiger partial charge on any atom is 0.416 e. The van der Waals surface area contributed by atoms with Crippen LogP contribution in [0.2, 0.25) is 0 Å². The van der Waals surface area contributed by atoms with Crippen molar-refractivity contribution in [3.63, 3.8) is 0 Å². The van der Waals surface area contributed by atoms with Crippen LogP contribution >= 0.6 is 0 Å². The van der Waals surface area contributed by atoms with Crippen molar-refractivity contribution in [1.82, 2.24) is 5.32 Å². The Kier molecular flexibility index (Phi) is 9.58. The number of rotatable bonds is 7. The first kappa shape index (κ1) is 26.3. The van der Waals surface area contributed by atoms with Crippen molar-refractivity contribution < 1.29 is 33.0 Å². The number of aliphatic carboxylic acids is 2. The number of nitrogens with one attached hydrogen (secondary N) is 1. The summed E-state index contributed by atoms with van der Waals surface area (Å²) in [6.45, 7) is 2.65. The average molecular weight is 471 g/mol. The van der Waals surface area contributed by atoms with Crippen LogP contribution in [-0.4, -0.2) is 28.7 Å². The minimum absolute atomic E-state index is 0.132. The summed E-state index contributed by atoms with van der Waals surface area (Å²) in [7, 11) is 0. The van der Waals surface area contributed by atoms with Crippen LogP contribution in [0.15, 0.2) is 85.0 Å². The molecule has 0 bridgehead atoms. The Hall–Kier alpha value is -3.91. The third kappa shape index (κ3) is 8.55. The molecule has 3 rings (SSSR count). The maximum absolute atomic E-state index is 12.7. The summed E-state index contributed by atoms with van der Waals surface area (Å²) in [5, 5.41) is 21.4. The van der Waals surface area contributed by atoms with Gasteiger partial charge in [0.2, 0.25) is 0 Å². The molecule has 0 aliphatic rings. The highest BCUT2D eigenvalue weighted by molar-refractivity contribution is 5.89. The van der Waals surface area contributed by atoms with E-state index >= 15 is 0 Å². The number of carbonyl (C=O) groups is 2. The lowest BCUT2D eigenvalue weighted by atomic mass is 10.00. The quantitative estimate of drug-likeness (QED) is 0.372. The molecule has 5 nitrogen and oxygen atoms in total. The van der Waals surface area contributed by atoms with Crippen LogP contribution in [0.3, 0.4) is 0 Å². The Morgan fingerprint density at radius 1 is 0.941 bits per heavy atom. The zero-order valence-corrected chi connectivity index (χ0v) is 18.3. The number of fused-ring (bicyclic) bond motifs is 1. The minimum atomic E-state index is -4.31. The second-order valence-electron chi connectivity index (χ2n) is 7.23. The summed E-state index contributed by atoms with van der Waals surface area (Å²) in [4.78, 5) is 19.1. The maximum atomic E-state index is 12.7. The molecule has 0 aromatic heterocycles. The predicted octanol–water partition coefficient (Wildman–Crippen LogP) is 5.93. The van der Waals surface area contributed by atoms with Crippen LogP contribution < -0.4 is 5.32 Å². The molecule has 0 aliphatic heterocycles. The molecule has 0 saturated carbocycles. The number of halogens is 3. The number of carboxylic acids is 2. The van der Waals surface area contributed by atoms with Gasteiger partial charge in [0.25, 0.3) is 0 Å². The lowest BCUT2D eigenvalue weighted by molar-refractivity contribution is -0.137. The van der Waals surface area contributed by atoms with Crippen molar-refractivity contribution in [2.24, 2.45) is 0 Å². The third-order valence-electron chi connectivity index (χ3n) is 4.72. The van der Waals surface area contributed by atoms with E-state index in [0.29, 0.717) is 24.3 Å². The predicted molar refractivity (Wildman–Crippen MR) is 125 cm³/mol. The molecule has 3 aromatic carbocycles. The highest BCUT2D eigenvalue weighted by Crippen LogP contribution is 2.29. The van der Waals surface area contributed by atoms with Gasteiger partial charge >= 0.3 is 18.1 Å². The van der Waals surface area contributed by atoms with Crippen molar-refractivity contribution in [1.29, 1.82) is 0 Å². The Morgan fingerprint density at radius 3 is 2.21 bits per heavy atom. The van der Waals surface area contributed by atoms with E-state index in [4.69, 9.17) is 10.2 Å². The summed E-state index contributed by atoms with van der Waals surface area (Å²) in [5.41, 5.74) is 1.12. The Balaban J connectivity index is 0.000000440. The molecule has 0 unspecified atom stereocenters. The molecule has 178 valence electrons. The lowest BCUT2D eigenvalue weighted by Gasteiger charge is -2.15. The third-order valence-corrected chi connectivity index (χ3v) is 4.72. The van der Waals surface area contributed by atoms with Crippen LogP contribution in [0.25, 0.3) is 16.8 Å². The van der Waals surface area contributed by atoms with Gasteiger partial charge < -0.3 is 15.5 Å². The Bertz CT molecular complexity index is 1160. The standard InChI is InChI=1S/C22H20F3N.C4H4O4/c1-16(20-13-5-10-18-9-2-3-12-21(18)20)26-14-6-8-17-7-4-11-19(15-17)22(23,24)25;5-3(6)1-2-4(7)8/h2-13,15-16,26H,14H2,1H3;1-2H,(H,5,6)(H,7,8)/b8-6+;2-1+/t16-;/m1./s1. The van der Waals surface area contributed by atoms with Crippen molar-refractivity contribution in [2.75, 3.05) is 6.54 Å². The van der Waals surface area contributed by atoms with E-state index in [0.717, 1.165) is 12.1 Å². The molecule has 0 spiro atoms. The Labute approximate surface area is 194 Å². The van der Waals surface area contributed by atoms with Gasteiger partial charge in [0.05, 0.1) is 5.56 Å². The number of hydrogen-bond acceptors (Lipinski definition) is 3. The second kappa shape index (κ2) is 12.4. The first-order valence-electron chi connectivity index (χ1n) is 10.3. The summed E-state index contributed by atoms with van der Waals surface area (Å²) in [6, 6.07) is 19.9. The van der Waals surface area contributed by atoms with Crippen LogP contribution in [0.4, 0.5) is 13.2 Å². The smallest absolute Gasteiger partial charge is 0.416 e. The van der Waals surface area contributed by atoms with Gasteiger partial charge in [0.15, 0.2) is 0 Å². The Morgan fingerprint density at radius 2 is 1.56 bits per heavy atom. The molecule has 0 saturated heterocycles. The minimum Gasteiger partial charge on any atom is -0.478 e. The summed E-state index contributed by atoms with van der Waals surface area (Å²) < 4.78 is 38.2. The van der Waals surface area contributed by atoms with E-state index in [9.17, 15) is 22.8 Å². The fraction of sp³-hybridized carbons (Fsp3) is 0.154. The van der Waals surface area contributed by atoms with E-state index in [1.54, 1.807) is 12.1 Å². The number of hydrogen-bond donors (Lipinski definition) is 3. The normalized spacial score (nSPS) is 12.5. The van der Waals surface area contributed by atoms with E-state index in [1.165, 1.54) is 22.4 Å². The summed E-state index contributed by atoms with van der Waals surface area (Å²) in [5.74, 6) is -2.51. The molecule has 8 heteroatoms. The first-order valence-corrected chi connectivity index (χ1v) is 10.3. The topological polar surface area (TPSA) is 86.6 Å². The molecule has 3 N–H and O–H groups in total. The van der Waals surface area contributed by atoms with Crippen molar-refractivity contribution in [3.05, 3.63) is 102 Å². The van der Waals surface area contributed by atoms with Gasteiger partial charge in [-0.1, -0.05) is 66.7 Å². The first-order chi connectivity index (χ1) is 16.1. The highest BCUT2D eigenvalue weighted by Gasteiger charge is 2.30. The largest absolute Gasteiger partial charge is 0.478 e. The lowest BCUT2D eigenvalue weighted by Crippen LogP contribution is -2.18. The molecule has 0 radical (unpaired) electrons. The molecule has 0 fully saturated rings. The molecule has 1 atom stereocenters. The van der Waals surface area contributed by atoms with Gasteiger partial charge in [-0.05, 0) is 41.0 Å². The molecule has 34 heavy (non-hydrogen) atoms.